The number of fused-ring (bicyclic) bond motifs is 1. The number of anilines is 1. The van der Waals surface area contributed by atoms with Gasteiger partial charge in [0.15, 0.2) is 5.82 Å². The first-order chi connectivity index (χ1) is 18.2. The highest BCUT2D eigenvalue weighted by Crippen LogP contribution is 2.47. The summed E-state index contributed by atoms with van der Waals surface area (Å²) in [5.41, 5.74) is 9.65. The van der Waals surface area contributed by atoms with E-state index in [1.165, 1.54) is 17.4 Å². The molecular formula is C29H26ClF2N5S. The summed E-state index contributed by atoms with van der Waals surface area (Å²) in [6.45, 7) is 3.23. The Balaban J connectivity index is 1.63. The number of halogens is 3. The number of thiophene rings is 1. The topological polar surface area (TPSA) is 76.7 Å². The molecule has 0 unspecified atom stereocenters. The van der Waals surface area contributed by atoms with Crippen molar-refractivity contribution in [2.75, 3.05) is 11.9 Å². The van der Waals surface area contributed by atoms with Gasteiger partial charge in [0.05, 0.1) is 10.2 Å². The number of aromatic nitrogens is 3. The Labute approximate surface area is 228 Å². The number of nitrogens with zero attached hydrogens (tertiary/aromatic N) is 3. The Kier molecular flexibility index (Phi) is 7.38. The van der Waals surface area contributed by atoms with Crippen molar-refractivity contribution in [3.63, 3.8) is 0 Å². The molecule has 2 aromatic carbocycles. The van der Waals surface area contributed by atoms with Crippen LogP contribution in [-0.4, -0.2) is 27.5 Å². The van der Waals surface area contributed by atoms with Gasteiger partial charge in [-0.3, -0.25) is 4.98 Å². The molecule has 0 radical (unpaired) electrons. The summed E-state index contributed by atoms with van der Waals surface area (Å²) in [4.78, 5) is 14.6. The van der Waals surface area contributed by atoms with Crippen molar-refractivity contribution in [3.8, 4) is 22.5 Å². The molecular weight excluding hydrogens is 524 g/mol. The van der Waals surface area contributed by atoms with Crippen molar-refractivity contribution in [1.82, 2.24) is 15.0 Å². The Morgan fingerprint density at radius 1 is 1.00 bits per heavy atom. The molecule has 0 aliphatic carbocycles. The van der Waals surface area contributed by atoms with Gasteiger partial charge in [0.25, 0.3) is 5.92 Å². The Morgan fingerprint density at radius 3 is 2.45 bits per heavy atom. The molecule has 0 fully saturated rings. The molecule has 0 bridgehead atoms. The van der Waals surface area contributed by atoms with E-state index in [0.29, 0.717) is 35.7 Å². The van der Waals surface area contributed by atoms with Crippen LogP contribution in [0.1, 0.15) is 22.9 Å². The van der Waals surface area contributed by atoms with Crippen molar-refractivity contribution >= 4 is 39.0 Å². The lowest BCUT2D eigenvalue weighted by atomic mass is 9.95. The summed E-state index contributed by atoms with van der Waals surface area (Å²) in [5, 5.41) is 3.65. The number of nitrogens with two attached hydrogens (primary N) is 1. The molecule has 9 heteroatoms. The molecule has 0 saturated carbocycles. The standard InChI is InChI=1S/C29H26ClF2N5S/c1-17-23(24-21(29(2,31)32)9-6-10-22(24)30)25-26(38-17)28(37-27(36-25)19-11-13-34-14-12-19)35-16-20(33)15-18-7-4-3-5-8-18/h3-14,20H,15-16,33H2,1-2H3,(H,35,36,37)/t20-/m0/s1. The van der Waals surface area contributed by atoms with Crippen LogP contribution in [0.25, 0.3) is 32.7 Å². The predicted molar refractivity (Wildman–Crippen MR) is 152 cm³/mol. The van der Waals surface area contributed by atoms with E-state index in [1.807, 2.05) is 49.4 Å². The number of aryl methyl sites for hydroxylation is 1. The second-order valence-electron chi connectivity index (χ2n) is 9.22. The summed E-state index contributed by atoms with van der Waals surface area (Å²) in [6, 6.07) is 18.1. The maximum atomic E-state index is 14.7. The predicted octanol–water partition coefficient (Wildman–Crippen LogP) is 7.48. The minimum Gasteiger partial charge on any atom is -0.367 e. The van der Waals surface area contributed by atoms with Gasteiger partial charge in [0.1, 0.15) is 5.82 Å². The van der Waals surface area contributed by atoms with Crippen molar-refractivity contribution in [2.45, 2.75) is 32.2 Å². The second kappa shape index (κ2) is 10.7. The largest absolute Gasteiger partial charge is 0.367 e. The average molecular weight is 550 g/mol. The number of pyridine rings is 1. The molecule has 5 aromatic rings. The van der Waals surface area contributed by atoms with Gasteiger partial charge >= 0.3 is 0 Å². The van der Waals surface area contributed by atoms with Crippen LogP contribution in [0.4, 0.5) is 14.6 Å². The van der Waals surface area contributed by atoms with E-state index in [0.717, 1.165) is 27.6 Å². The van der Waals surface area contributed by atoms with Gasteiger partial charge in [-0.25, -0.2) is 18.7 Å². The second-order valence-corrected chi connectivity index (χ2v) is 10.9. The van der Waals surface area contributed by atoms with Crippen molar-refractivity contribution in [3.05, 3.63) is 94.1 Å². The normalized spacial score (nSPS) is 12.6. The van der Waals surface area contributed by atoms with Crippen LogP contribution >= 0.6 is 22.9 Å². The molecule has 1 atom stereocenters. The average Bonchev–Trinajstić information content (AvgIpc) is 3.23. The van der Waals surface area contributed by atoms with Gasteiger partial charge in [0.2, 0.25) is 0 Å². The van der Waals surface area contributed by atoms with Crippen molar-refractivity contribution in [1.29, 1.82) is 0 Å². The molecule has 0 saturated heterocycles. The molecule has 0 amide bonds. The first-order valence-corrected chi connectivity index (χ1v) is 13.3. The van der Waals surface area contributed by atoms with Crippen molar-refractivity contribution in [2.24, 2.45) is 5.73 Å². The van der Waals surface area contributed by atoms with Gasteiger partial charge in [0, 0.05) is 64.1 Å². The lowest BCUT2D eigenvalue weighted by Gasteiger charge is -2.18. The Morgan fingerprint density at radius 2 is 1.74 bits per heavy atom. The van der Waals surface area contributed by atoms with Crippen LogP contribution < -0.4 is 11.1 Å². The zero-order chi connectivity index (χ0) is 26.9. The molecule has 0 aliphatic heterocycles. The van der Waals surface area contributed by atoms with Gasteiger partial charge in [-0.15, -0.1) is 11.3 Å². The van der Waals surface area contributed by atoms with Gasteiger partial charge in [-0.05, 0) is 37.1 Å². The molecule has 3 heterocycles. The SMILES string of the molecule is Cc1sc2c(NC[C@@H](N)Cc3ccccc3)nc(-c3ccncc3)nc2c1-c1c(Cl)cccc1C(C)(F)F. The highest BCUT2D eigenvalue weighted by molar-refractivity contribution is 7.20. The number of nitrogens with one attached hydrogen (secondary N) is 1. The molecule has 194 valence electrons. The van der Waals surface area contributed by atoms with Gasteiger partial charge in [-0.2, -0.15) is 0 Å². The van der Waals surface area contributed by atoms with Crippen LogP contribution in [0.15, 0.2) is 73.1 Å². The summed E-state index contributed by atoms with van der Waals surface area (Å²) in [6.07, 6.45) is 4.02. The quantitative estimate of drug-likeness (QED) is 0.210. The molecule has 5 rings (SSSR count). The highest BCUT2D eigenvalue weighted by atomic mass is 35.5. The minimum absolute atomic E-state index is 0.142. The van der Waals surface area contributed by atoms with Crippen LogP contribution in [0.3, 0.4) is 0 Å². The number of hydrogen-bond donors (Lipinski definition) is 2. The number of benzene rings is 2. The van der Waals surface area contributed by atoms with E-state index < -0.39 is 5.92 Å². The zero-order valence-electron chi connectivity index (χ0n) is 20.9. The van der Waals surface area contributed by atoms with Gasteiger partial charge in [-0.1, -0.05) is 54.1 Å². The third-order valence-corrected chi connectivity index (χ3v) is 7.67. The van der Waals surface area contributed by atoms with Crippen molar-refractivity contribution < 1.29 is 8.78 Å². The fraction of sp³-hybridized carbons (Fsp3) is 0.207. The van der Waals surface area contributed by atoms with Crippen LogP contribution in [-0.2, 0) is 12.3 Å². The molecule has 3 aromatic heterocycles. The van der Waals surface area contributed by atoms with Crippen LogP contribution in [0, 0.1) is 6.92 Å². The summed E-state index contributed by atoms with van der Waals surface area (Å²) in [7, 11) is 0. The van der Waals surface area contributed by atoms with E-state index in [4.69, 9.17) is 27.3 Å². The molecule has 38 heavy (non-hydrogen) atoms. The number of hydrogen-bond acceptors (Lipinski definition) is 6. The highest BCUT2D eigenvalue weighted by Gasteiger charge is 2.32. The molecule has 5 nitrogen and oxygen atoms in total. The van der Waals surface area contributed by atoms with Crippen LogP contribution in [0.2, 0.25) is 5.02 Å². The molecule has 0 spiro atoms. The molecule has 0 aliphatic rings. The minimum atomic E-state index is -3.09. The lowest BCUT2D eigenvalue weighted by Crippen LogP contribution is -2.31. The third kappa shape index (κ3) is 5.38. The fourth-order valence-electron chi connectivity index (χ4n) is 4.49. The number of alkyl halides is 2. The van der Waals surface area contributed by atoms with E-state index in [2.05, 4.69) is 10.3 Å². The Bertz CT molecular complexity index is 1570. The monoisotopic (exact) mass is 549 g/mol. The first-order valence-electron chi connectivity index (χ1n) is 12.1. The summed E-state index contributed by atoms with van der Waals surface area (Å²) in [5.74, 6) is -2.04. The molecule has 3 N–H and O–H groups in total. The van der Waals surface area contributed by atoms with E-state index in [1.54, 1.807) is 24.5 Å². The third-order valence-electron chi connectivity index (χ3n) is 6.26. The number of rotatable bonds is 8. The zero-order valence-corrected chi connectivity index (χ0v) is 22.5. The van der Waals surface area contributed by atoms with E-state index in [9.17, 15) is 8.78 Å². The Hall–Kier alpha value is -3.46. The lowest BCUT2D eigenvalue weighted by molar-refractivity contribution is 0.0181. The van der Waals surface area contributed by atoms with E-state index >= 15 is 0 Å². The summed E-state index contributed by atoms with van der Waals surface area (Å²) < 4.78 is 30.2. The van der Waals surface area contributed by atoms with Gasteiger partial charge < -0.3 is 11.1 Å². The maximum absolute atomic E-state index is 14.7. The summed E-state index contributed by atoms with van der Waals surface area (Å²) >= 11 is 8.01. The maximum Gasteiger partial charge on any atom is 0.271 e. The smallest absolute Gasteiger partial charge is 0.271 e. The first kappa shape index (κ1) is 26.2. The van der Waals surface area contributed by atoms with Crippen LogP contribution in [0.5, 0.6) is 0 Å². The fourth-order valence-corrected chi connectivity index (χ4v) is 5.83. The van der Waals surface area contributed by atoms with E-state index in [-0.39, 0.29) is 22.2 Å².